The molecule has 1 heterocycles. The maximum Gasteiger partial charge on any atom is 0.319 e. The van der Waals surface area contributed by atoms with Gasteiger partial charge >= 0.3 is 6.03 Å². The van der Waals surface area contributed by atoms with E-state index in [1.807, 2.05) is 36.4 Å². The van der Waals surface area contributed by atoms with Crippen molar-refractivity contribution >= 4 is 28.5 Å². The lowest BCUT2D eigenvalue weighted by molar-refractivity contribution is 0.0995. The molecule has 2 aromatic carbocycles. The van der Waals surface area contributed by atoms with Crippen LogP contribution < -0.4 is 10.6 Å². The number of fused-ring (bicyclic) bond motifs is 1. The van der Waals surface area contributed by atoms with Crippen molar-refractivity contribution < 1.29 is 9.59 Å². The predicted octanol–water partition coefficient (Wildman–Crippen LogP) is 3.94. The van der Waals surface area contributed by atoms with E-state index in [0.717, 1.165) is 10.9 Å². The van der Waals surface area contributed by atoms with Crippen LogP contribution in [0.1, 0.15) is 16.1 Å². The fourth-order valence-corrected chi connectivity index (χ4v) is 2.52. The highest BCUT2D eigenvalue weighted by Crippen LogP contribution is 2.23. The van der Waals surface area contributed by atoms with Crippen LogP contribution in [0.25, 0.3) is 21.3 Å². The molecule has 3 aromatic rings. The molecule has 0 radical (unpaired) electrons. The van der Waals surface area contributed by atoms with Crippen LogP contribution in [-0.2, 0) is 6.54 Å². The van der Waals surface area contributed by atoms with Crippen LogP contribution in [0.15, 0.2) is 59.7 Å². The molecule has 1 aromatic heterocycles. The van der Waals surface area contributed by atoms with E-state index in [-0.39, 0.29) is 12.2 Å². The molecule has 25 heavy (non-hydrogen) atoms. The van der Waals surface area contributed by atoms with Gasteiger partial charge in [-0.05, 0) is 28.8 Å². The van der Waals surface area contributed by atoms with Gasteiger partial charge in [-0.1, -0.05) is 36.4 Å². The first-order valence-corrected chi connectivity index (χ1v) is 7.48. The number of rotatable bonds is 4. The molecule has 8 heteroatoms. The van der Waals surface area contributed by atoms with Gasteiger partial charge in [-0.2, -0.15) is 0 Å². The summed E-state index contributed by atoms with van der Waals surface area (Å²) >= 11 is 0. The Morgan fingerprint density at radius 2 is 1.80 bits per heavy atom. The van der Waals surface area contributed by atoms with Crippen molar-refractivity contribution in [3.63, 3.8) is 0 Å². The van der Waals surface area contributed by atoms with E-state index in [9.17, 15) is 9.59 Å². The lowest BCUT2D eigenvalue weighted by atomic mass is 10.1. The molecule has 0 aliphatic heterocycles. The SMILES string of the molecule is [N-]=[N+]=NC(=O)c1[nH]c2ccccc2c1CNC(=O)Nc1ccccc1. The second-order valence-electron chi connectivity index (χ2n) is 5.19. The van der Waals surface area contributed by atoms with E-state index < -0.39 is 11.9 Å². The monoisotopic (exact) mass is 334 g/mol. The average Bonchev–Trinajstić information content (AvgIpc) is 3.00. The molecular formula is C17H14N6O2. The summed E-state index contributed by atoms with van der Waals surface area (Å²) in [4.78, 5) is 29.5. The van der Waals surface area contributed by atoms with Crippen LogP contribution in [0.5, 0.6) is 0 Å². The number of hydrogen-bond donors (Lipinski definition) is 3. The number of amides is 3. The number of azide groups is 1. The van der Waals surface area contributed by atoms with Crippen LogP contribution in [0, 0.1) is 0 Å². The molecule has 0 saturated heterocycles. The topological polar surface area (TPSA) is 123 Å². The number of carbonyl (C=O) groups is 2. The van der Waals surface area contributed by atoms with Crippen molar-refractivity contribution in [2.45, 2.75) is 6.54 Å². The van der Waals surface area contributed by atoms with Crippen LogP contribution in [0.4, 0.5) is 10.5 Å². The highest BCUT2D eigenvalue weighted by atomic mass is 16.2. The Bertz CT molecular complexity index is 973. The number of carbonyl (C=O) groups excluding carboxylic acids is 2. The Kier molecular flexibility index (Phi) is 4.64. The Hall–Kier alpha value is -3.77. The van der Waals surface area contributed by atoms with Crippen LogP contribution >= 0.6 is 0 Å². The van der Waals surface area contributed by atoms with E-state index >= 15 is 0 Å². The number of anilines is 1. The van der Waals surface area contributed by atoms with Crippen molar-refractivity contribution in [1.29, 1.82) is 0 Å². The van der Waals surface area contributed by atoms with Gasteiger partial charge in [0.15, 0.2) is 0 Å². The maximum atomic E-state index is 12.1. The minimum absolute atomic E-state index is 0.102. The second kappa shape index (κ2) is 7.20. The fraction of sp³-hybridized carbons (Fsp3) is 0.0588. The number of aromatic nitrogens is 1. The van der Waals surface area contributed by atoms with Gasteiger partial charge in [0.25, 0.3) is 5.91 Å². The summed E-state index contributed by atoms with van der Waals surface area (Å²) in [6.45, 7) is 0.102. The van der Waals surface area contributed by atoms with E-state index in [4.69, 9.17) is 5.53 Å². The standard InChI is InChI=1S/C17H14N6O2/c18-23-22-16(24)15-13(12-8-4-5-9-14(12)21-15)10-19-17(25)20-11-6-2-1-3-7-11/h1-9,21H,10H2,(H2,19,20,25). The smallest absolute Gasteiger partial charge is 0.319 e. The zero-order valence-corrected chi connectivity index (χ0v) is 13.1. The Morgan fingerprint density at radius 3 is 2.56 bits per heavy atom. The van der Waals surface area contributed by atoms with E-state index in [1.54, 1.807) is 18.2 Å². The van der Waals surface area contributed by atoms with E-state index in [1.165, 1.54) is 0 Å². The molecule has 0 unspecified atom stereocenters. The zero-order valence-electron chi connectivity index (χ0n) is 13.1. The van der Waals surface area contributed by atoms with Crippen LogP contribution in [0.3, 0.4) is 0 Å². The lowest BCUT2D eigenvalue weighted by Crippen LogP contribution is -2.28. The molecule has 0 atom stereocenters. The number of aromatic amines is 1. The third-order valence-corrected chi connectivity index (χ3v) is 3.62. The van der Waals surface area contributed by atoms with Crippen LogP contribution in [-0.4, -0.2) is 16.9 Å². The number of urea groups is 1. The van der Waals surface area contributed by atoms with Gasteiger partial charge in [0.05, 0.1) is 5.69 Å². The summed E-state index contributed by atoms with van der Waals surface area (Å²) < 4.78 is 0. The first-order chi connectivity index (χ1) is 12.2. The Balaban J connectivity index is 1.82. The van der Waals surface area contributed by atoms with Crippen molar-refractivity contribution in [2.24, 2.45) is 5.11 Å². The third kappa shape index (κ3) is 3.60. The fourth-order valence-electron chi connectivity index (χ4n) is 2.52. The minimum Gasteiger partial charge on any atom is -0.352 e. The zero-order chi connectivity index (χ0) is 17.6. The van der Waals surface area contributed by atoms with E-state index in [0.29, 0.717) is 11.3 Å². The molecule has 8 nitrogen and oxygen atoms in total. The molecule has 3 rings (SSSR count). The van der Waals surface area contributed by atoms with Gasteiger partial charge in [0.1, 0.15) is 0 Å². The number of hydrogen-bond acceptors (Lipinski definition) is 2. The quantitative estimate of drug-likeness (QED) is 0.380. The highest BCUT2D eigenvalue weighted by molar-refractivity contribution is 6.01. The maximum absolute atomic E-state index is 12.1. The second-order valence-corrected chi connectivity index (χ2v) is 5.19. The molecule has 124 valence electrons. The predicted molar refractivity (Wildman–Crippen MR) is 94.1 cm³/mol. The minimum atomic E-state index is -0.723. The third-order valence-electron chi connectivity index (χ3n) is 3.62. The van der Waals surface area contributed by atoms with Crippen molar-refractivity contribution in [3.8, 4) is 0 Å². The first-order valence-electron chi connectivity index (χ1n) is 7.48. The van der Waals surface area contributed by atoms with Crippen LogP contribution in [0.2, 0.25) is 0 Å². The van der Waals surface area contributed by atoms with Gasteiger partial charge < -0.3 is 15.6 Å². The summed E-state index contributed by atoms with van der Waals surface area (Å²) in [5.41, 5.74) is 10.6. The molecule has 0 spiro atoms. The number of para-hydroxylation sites is 2. The highest BCUT2D eigenvalue weighted by Gasteiger charge is 2.17. The summed E-state index contributed by atoms with van der Waals surface area (Å²) in [5.74, 6) is -0.723. The number of benzene rings is 2. The number of nitrogens with zero attached hydrogens (tertiary/aromatic N) is 3. The van der Waals surface area contributed by atoms with E-state index in [2.05, 4.69) is 25.6 Å². The Morgan fingerprint density at radius 1 is 1.08 bits per heavy atom. The van der Waals surface area contributed by atoms with Gasteiger partial charge in [-0.3, -0.25) is 4.79 Å². The normalized spacial score (nSPS) is 10.1. The molecule has 0 bridgehead atoms. The molecule has 0 aliphatic rings. The molecule has 3 amide bonds. The summed E-state index contributed by atoms with van der Waals surface area (Å²) in [7, 11) is 0. The summed E-state index contributed by atoms with van der Waals surface area (Å²) in [5, 5.41) is 9.31. The van der Waals surface area contributed by atoms with Gasteiger partial charge in [0.2, 0.25) is 0 Å². The molecule has 0 saturated carbocycles. The number of nitrogens with one attached hydrogen (secondary N) is 3. The van der Waals surface area contributed by atoms with Gasteiger partial charge in [0, 0.05) is 33.6 Å². The van der Waals surface area contributed by atoms with Crippen molar-refractivity contribution in [3.05, 3.63) is 76.3 Å². The number of H-pyrrole nitrogens is 1. The van der Waals surface area contributed by atoms with Gasteiger partial charge in [-0.15, -0.1) is 0 Å². The van der Waals surface area contributed by atoms with Crippen molar-refractivity contribution in [1.82, 2.24) is 10.3 Å². The van der Waals surface area contributed by atoms with Crippen molar-refractivity contribution in [2.75, 3.05) is 5.32 Å². The molecular weight excluding hydrogens is 320 g/mol. The van der Waals surface area contributed by atoms with Gasteiger partial charge in [-0.25, -0.2) is 4.79 Å². The molecule has 3 N–H and O–H groups in total. The Labute approximate surface area is 142 Å². The largest absolute Gasteiger partial charge is 0.352 e. The summed E-state index contributed by atoms with van der Waals surface area (Å²) in [6, 6.07) is 15.9. The molecule has 0 fully saturated rings. The summed E-state index contributed by atoms with van der Waals surface area (Å²) in [6.07, 6.45) is 0. The first kappa shape index (κ1) is 16.1. The molecule has 0 aliphatic carbocycles. The average molecular weight is 334 g/mol. The lowest BCUT2D eigenvalue weighted by Gasteiger charge is -2.08.